The fourth-order valence-corrected chi connectivity index (χ4v) is 4.77. The Bertz CT molecular complexity index is 1220. The first-order valence-corrected chi connectivity index (χ1v) is 13.3. The van der Waals surface area contributed by atoms with Gasteiger partial charge in [0, 0.05) is 48.9 Å². The Morgan fingerprint density at radius 3 is 2.32 bits per heavy atom. The maximum Gasteiger partial charge on any atom is 0.321 e. The number of carbonyl (C=O) groups is 1. The van der Waals surface area contributed by atoms with Crippen molar-refractivity contribution in [2.24, 2.45) is 0 Å². The van der Waals surface area contributed by atoms with E-state index in [0.717, 1.165) is 54.9 Å². The first kappa shape index (κ1) is 27.3. The van der Waals surface area contributed by atoms with Gasteiger partial charge < -0.3 is 20.1 Å². The van der Waals surface area contributed by atoms with Crippen LogP contribution in [0.25, 0.3) is 0 Å². The second-order valence-electron chi connectivity index (χ2n) is 9.73. The van der Waals surface area contributed by atoms with Gasteiger partial charge in [-0.05, 0) is 73.5 Å². The molecule has 38 heavy (non-hydrogen) atoms. The Kier molecular flexibility index (Phi) is 9.80. The number of nitrogens with one attached hydrogen (secondary N) is 1. The highest BCUT2D eigenvalue weighted by Crippen LogP contribution is 2.34. The number of aliphatic hydroxyl groups excluding tert-OH is 1. The van der Waals surface area contributed by atoms with Crippen LogP contribution in [0.15, 0.2) is 78.9 Å². The van der Waals surface area contributed by atoms with Crippen LogP contribution in [0.3, 0.4) is 0 Å². The van der Waals surface area contributed by atoms with Crippen LogP contribution in [0, 0.1) is 11.8 Å². The van der Waals surface area contributed by atoms with Gasteiger partial charge in [-0.3, -0.25) is 4.90 Å². The van der Waals surface area contributed by atoms with Crippen molar-refractivity contribution in [3.8, 4) is 17.6 Å². The third-order valence-electron chi connectivity index (χ3n) is 7.14. The summed E-state index contributed by atoms with van der Waals surface area (Å²) in [7, 11) is 3.44. The number of hydrogen-bond donors (Lipinski definition) is 2. The largest absolute Gasteiger partial charge is 0.497 e. The van der Waals surface area contributed by atoms with E-state index in [-0.39, 0.29) is 18.7 Å². The normalized spacial score (nSPS) is 16.6. The van der Waals surface area contributed by atoms with E-state index in [1.165, 1.54) is 5.56 Å². The topological polar surface area (TPSA) is 65.0 Å². The number of carbonyl (C=O) groups excluding carboxylic acids is 1. The molecule has 0 radical (unpaired) electrons. The molecule has 0 aromatic heterocycles. The molecule has 2 amide bonds. The van der Waals surface area contributed by atoms with Gasteiger partial charge in [0.1, 0.15) is 5.75 Å². The molecular weight excluding hydrogens is 474 g/mol. The Morgan fingerprint density at radius 2 is 1.66 bits per heavy atom. The number of urea groups is 1. The number of benzene rings is 3. The predicted molar refractivity (Wildman–Crippen MR) is 153 cm³/mol. The lowest BCUT2D eigenvalue weighted by Gasteiger charge is -2.48. The molecule has 3 aromatic carbocycles. The van der Waals surface area contributed by atoms with E-state index in [9.17, 15) is 9.90 Å². The van der Waals surface area contributed by atoms with Crippen LogP contribution in [0.4, 0.5) is 10.5 Å². The summed E-state index contributed by atoms with van der Waals surface area (Å²) in [5.74, 6) is 7.53. The van der Waals surface area contributed by atoms with Crippen LogP contribution < -0.4 is 10.1 Å². The number of ether oxygens (including phenoxy) is 1. The molecule has 1 aliphatic heterocycles. The van der Waals surface area contributed by atoms with E-state index < -0.39 is 0 Å². The molecule has 4 rings (SSSR count). The average molecular weight is 512 g/mol. The molecule has 1 saturated heterocycles. The van der Waals surface area contributed by atoms with Crippen molar-refractivity contribution in [1.29, 1.82) is 0 Å². The van der Waals surface area contributed by atoms with Crippen LogP contribution in [-0.4, -0.2) is 67.4 Å². The molecule has 0 spiro atoms. The molecule has 2 atom stereocenters. The summed E-state index contributed by atoms with van der Waals surface area (Å²) in [4.78, 5) is 16.5. The zero-order valence-electron chi connectivity index (χ0n) is 22.3. The van der Waals surface area contributed by atoms with Crippen molar-refractivity contribution in [3.63, 3.8) is 0 Å². The van der Waals surface area contributed by atoms with E-state index in [2.05, 4.69) is 46.3 Å². The van der Waals surface area contributed by atoms with Crippen LogP contribution in [0.5, 0.6) is 5.75 Å². The molecule has 3 aromatic rings. The van der Waals surface area contributed by atoms with Crippen molar-refractivity contribution in [2.75, 3.05) is 45.7 Å². The summed E-state index contributed by atoms with van der Waals surface area (Å²) >= 11 is 0. The molecule has 1 aliphatic rings. The minimum absolute atomic E-state index is 0.113. The van der Waals surface area contributed by atoms with Gasteiger partial charge in [0.15, 0.2) is 0 Å². The fourth-order valence-electron chi connectivity index (χ4n) is 4.77. The lowest BCUT2D eigenvalue weighted by molar-refractivity contribution is 0.0159. The van der Waals surface area contributed by atoms with Crippen LogP contribution in [0.1, 0.15) is 41.9 Å². The number of rotatable bonds is 10. The summed E-state index contributed by atoms with van der Waals surface area (Å²) in [6.45, 7) is 2.79. The molecule has 0 bridgehead atoms. The predicted octanol–water partition coefficient (Wildman–Crippen LogP) is 5.19. The van der Waals surface area contributed by atoms with Gasteiger partial charge in [-0.15, -0.1) is 0 Å². The summed E-state index contributed by atoms with van der Waals surface area (Å²) in [6.07, 6.45) is 3.03. The van der Waals surface area contributed by atoms with E-state index >= 15 is 0 Å². The number of methoxy groups -OCH3 is 1. The van der Waals surface area contributed by atoms with Gasteiger partial charge in [-0.2, -0.15) is 0 Å². The highest BCUT2D eigenvalue weighted by Gasteiger charge is 2.38. The number of nitrogens with zero attached hydrogens (tertiary/aromatic N) is 2. The number of anilines is 1. The molecule has 198 valence electrons. The van der Waals surface area contributed by atoms with Crippen LogP contribution in [-0.2, 0) is 0 Å². The lowest BCUT2D eigenvalue weighted by atomic mass is 9.82. The van der Waals surface area contributed by atoms with E-state index in [1.807, 2.05) is 61.6 Å². The smallest absolute Gasteiger partial charge is 0.321 e. The van der Waals surface area contributed by atoms with Crippen molar-refractivity contribution < 1.29 is 14.6 Å². The van der Waals surface area contributed by atoms with Crippen molar-refractivity contribution in [3.05, 3.63) is 95.6 Å². The van der Waals surface area contributed by atoms with E-state index in [4.69, 9.17) is 4.74 Å². The number of amides is 2. The highest BCUT2D eigenvalue weighted by atomic mass is 16.5. The Hall–Kier alpha value is -3.79. The molecule has 6 heteroatoms. The second-order valence-corrected chi connectivity index (χ2v) is 9.73. The van der Waals surface area contributed by atoms with Crippen molar-refractivity contribution in [1.82, 2.24) is 9.80 Å². The number of likely N-dealkylation sites (tertiary alicyclic amines) is 1. The van der Waals surface area contributed by atoms with Crippen LogP contribution in [0.2, 0.25) is 0 Å². The van der Waals surface area contributed by atoms with E-state index in [1.54, 1.807) is 12.0 Å². The Morgan fingerprint density at radius 1 is 0.974 bits per heavy atom. The van der Waals surface area contributed by atoms with Gasteiger partial charge in [0.25, 0.3) is 0 Å². The lowest BCUT2D eigenvalue weighted by Crippen LogP contribution is -2.56. The molecule has 0 aliphatic carbocycles. The van der Waals surface area contributed by atoms with Gasteiger partial charge in [-0.1, -0.05) is 48.6 Å². The third kappa shape index (κ3) is 7.38. The Balaban J connectivity index is 1.15. The summed E-state index contributed by atoms with van der Waals surface area (Å²) < 4.78 is 5.15. The number of unbranched alkanes of at least 4 members (excludes halogenated alkanes) is 2. The Labute approximate surface area is 226 Å². The summed E-state index contributed by atoms with van der Waals surface area (Å²) in [5.41, 5.74) is 4.02. The number of hydrogen-bond acceptors (Lipinski definition) is 4. The van der Waals surface area contributed by atoms with Gasteiger partial charge in [-0.25, -0.2) is 4.79 Å². The molecular formula is C32H37N3O3. The minimum Gasteiger partial charge on any atom is -0.497 e. The minimum atomic E-state index is -0.113. The van der Waals surface area contributed by atoms with Gasteiger partial charge in [0.05, 0.1) is 13.7 Å². The summed E-state index contributed by atoms with van der Waals surface area (Å²) in [6, 6.07) is 25.8. The van der Waals surface area contributed by atoms with Crippen LogP contribution >= 0.6 is 0 Å². The van der Waals surface area contributed by atoms with Gasteiger partial charge >= 0.3 is 6.03 Å². The zero-order chi connectivity index (χ0) is 26.7. The maximum absolute atomic E-state index is 12.4. The SMILES string of the molecule is COc1ccc(NC(=O)N(C)CCCCCN2C[C@@H](c3ccc(C#Cc4ccccc4)cc3)[C@H]2CO)cc1. The maximum atomic E-state index is 12.4. The van der Waals surface area contributed by atoms with Crippen molar-refractivity contribution >= 4 is 11.7 Å². The molecule has 0 saturated carbocycles. The number of aliphatic hydroxyl groups is 1. The molecule has 1 fully saturated rings. The second kappa shape index (κ2) is 13.7. The standard InChI is InChI=1S/C32H37N3O3/c1-34(32(37)33-28-17-19-29(38-2)20-18-28)21-7-4-8-22-35-23-30(31(35)24-36)27-15-13-26(14-16-27)12-11-25-9-5-3-6-10-25/h3,5-6,9-10,13-20,30-31,36H,4,7-8,21-24H2,1-2H3,(H,33,37)/t30-,31+/m0/s1. The quantitative estimate of drug-likeness (QED) is 0.291. The first-order chi connectivity index (χ1) is 18.6. The monoisotopic (exact) mass is 511 g/mol. The average Bonchev–Trinajstić information content (AvgIpc) is 2.94. The molecule has 0 unspecified atom stereocenters. The van der Waals surface area contributed by atoms with Gasteiger partial charge in [0.2, 0.25) is 0 Å². The molecule has 1 heterocycles. The first-order valence-electron chi connectivity index (χ1n) is 13.3. The highest BCUT2D eigenvalue weighted by molar-refractivity contribution is 5.89. The zero-order valence-corrected chi connectivity index (χ0v) is 22.3. The summed E-state index contributed by atoms with van der Waals surface area (Å²) in [5, 5.41) is 12.9. The molecule has 2 N–H and O–H groups in total. The molecule has 6 nitrogen and oxygen atoms in total. The third-order valence-corrected chi connectivity index (χ3v) is 7.14. The van der Waals surface area contributed by atoms with Crippen molar-refractivity contribution in [2.45, 2.75) is 31.2 Å². The van der Waals surface area contributed by atoms with E-state index in [0.29, 0.717) is 12.5 Å². The fraction of sp³-hybridized carbons (Fsp3) is 0.344.